The molecular weight excluding hydrogens is 373 g/mol. The molecule has 0 spiro atoms. The van der Waals surface area contributed by atoms with Crippen LogP contribution in [0.1, 0.15) is 29.9 Å². The Labute approximate surface area is 170 Å². The molecule has 29 heavy (non-hydrogen) atoms. The standard InChI is InChI=1S/C21H28FN5O2/c1-4-25(5-2)20(28)15-24-10-12-26(13-11-24)21(29)19-14-23-27(16(19)3)18-8-6-17(22)7-9-18/h6-9,14H,4-5,10-13,15H2,1-3H3. The maximum absolute atomic E-state index is 13.2. The first kappa shape index (κ1) is 21.0. The molecule has 2 heterocycles. The quantitative estimate of drug-likeness (QED) is 0.742. The number of likely N-dealkylation sites (N-methyl/N-ethyl adjacent to an activating group) is 1. The lowest BCUT2D eigenvalue weighted by molar-refractivity contribution is -0.132. The van der Waals surface area contributed by atoms with Gasteiger partial charge in [-0.15, -0.1) is 0 Å². The van der Waals surface area contributed by atoms with E-state index < -0.39 is 0 Å². The third kappa shape index (κ3) is 4.64. The molecule has 0 unspecified atom stereocenters. The molecule has 2 aromatic rings. The number of nitrogens with zero attached hydrogens (tertiary/aromatic N) is 5. The Morgan fingerprint density at radius 2 is 1.69 bits per heavy atom. The van der Waals surface area contributed by atoms with Crippen LogP contribution < -0.4 is 0 Å². The van der Waals surface area contributed by atoms with E-state index in [1.165, 1.54) is 12.1 Å². The smallest absolute Gasteiger partial charge is 0.257 e. The van der Waals surface area contributed by atoms with E-state index in [0.717, 1.165) is 5.69 Å². The van der Waals surface area contributed by atoms with E-state index in [0.29, 0.717) is 57.1 Å². The molecular formula is C21H28FN5O2. The molecule has 1 aliphatic rings. The third-order valence-electron chi connectivity index (χ3n) is 5.45. The molecule has 1 saturated heterocycles. The average Bonchev–Trinajstić information content (AvgIpc) is 3.11. The van der Waals surface area contributed by atoms with Crippen LogP contribution in [-0.4, -0.2) is 82.1 Å². The monoisotopic (exact) mass is 401 g/mol. The Bertz CT molecular complexity index is 852. The van der Waals surface area contributed by atoms with Gasteiger partial charge in [-0.25, -0.2) is 9.07 Å². The lowest BCUT2D eigenvalue weighted by Crippen LogP contribution is -2.51. The van der Waals surface area contributed by atoms with Crippen LogP contribution in [0.3, 0.4) is 0 Å². The number of hydrogen-bond donors (Lipinski definition) is 0. The highest BCUT2D eigenvalue weighted by Crippen LogP contribution is 2.17. The van der Waals surface area contributed by atoms with Gasteiger partial charge in [0, 0.05) is 39.3 Å². The van der Waals surface area contributed by atoms with Gasteiger partial charge in [0.15, 0.2) is 0 Å². The second-order valence-corrected chi connectivity index (χ2v) is 7.17. The fourth-order valence-electron chi connectivity index (χ4n) is 3.61. The largest absolute Gasteiger partial charge is 0.342 e. The fourth-order valence-corrected chi connectivity index (χ4v) is 3.61. The van der Waals surface area contributed by atoms with Gasteiger partial charge in [-0.2, -0.15) is 5.10 Å². The van der Waals surface area contributed by atoms with Crippen molar-refractivity contribution in [2.75, 3.05) is 45.8 Å². The van der Waals surface area contributed by atoms with E-state index in [2.05, 4.69) is 10.00 Å². The van der Waals surface area contributed by atoms with E-state index in [-0.39, 0.29) is 17.6 Å². The molecule has 156 valence electrons. The molecule has 0 radical (unpaired) electrons. The summed E-state index contributed by atoms with van der Waals surface area (Å²) in [6.45, 7) is 10.1. The van der Waals surface area contributed by atoms with Crippen molar-refractivity contribution in [2.24, 2.45) is 0 Å². The normalized spacial score (nSPS) is 14.8. The van der Waals surface area contributed by atoms with Crippen molar-refractivity contribution in [3.8, 4) is 5.69 Å². The number of halogens is 1. The molecule has 1 fully saturated rings. The zero-order valence-corrected chi connectivity index (χ0v) is 17.3. The Morgan fingerprint density at radius 3 is 2.28 bits per heavy atom. The van der Waals surface area contributed by atoms with Crippen LogP contribution in [0.2, 0.25) is 0 Å². The number of piperazine rings is 1. The fraction of sp³-hybridized carbons (Fsp3) is 0.476. The maximum Gasteiger partial charge on any atom is 0.257 e. The Kier molecular flexibility index (Phi) is 6.64. The van der Waals surface area contributed by atoms with Gasteiger partial charge in [0.1, 0.15) is 5.82 Å². The summed E-state index contributed by atoms with van der Waals surface area (Å²) in [6, 6.07) is 6.01. The molecule has 0 saturated carbocycles. The SMILES string of the molecule is CCN(CC)C(=O)CN1CCN(C(=O)c2cnn(-c3ccc(F)cc3)c2C)CC1. The van der Waals surface area contributed by atoms with Crippen LogP contribution in [0.25, 0.3) is 5.69 Å². The van der Waals surface area contributed by atoms with Gasteiger partial charge in [-0.1, -0.05) is 0 Å². The first-order valence-electron chi connectivity index (χ1n) is 10.0. The molecule has 3 rings (SSSR count). The first-order chi connectivity index (χ1) is 13.9. The lowest BCUT2D eigenvalue weighted by atomic mass is 10.2. The van der Waals surface area contributed by atoms with Gasteiger partial charge < -0.3 is 9.80 Å². The van der Waals surface area contributed by atoms with E-state index in [1.54, 1.807) is 27.9 Å². The molecule has 0 atom stereocenters. The Hall–Kier alpha value is -2.74. The predicted octanol–water partition coefficient (Wildman–Crippen LogP) is 1.95. The van der Waals surface area contributed by atoms with Crippen LogP contribution >= 0.6 is 0 Å². The van der Waals surface area contributed by atoms with Crippen molar-refractivity contribution in [3.05, 3.63) is 47.5 Å². The second kappa shape index (κ2) is 9.17. The van der Waals surface area contributed by atoms with Crippen LogP contribution in [-0.2, 0) is 4.79 Å². The molecule has 1 aromatic heterocycles. The number of aromatic nitrogens is 2. The third-order valence-corrected chi connectivity index (χ3v) is 5.45. The van der Waals surface area contributed by atoms with E-state index in [1.807, 2.05) is 25.7 Å². The van der Waals surface area contributed by atoms with Gasteiger partial charge in [0.05, 0.1) is 29.7 Å². The Balaban J connectivity index is 1.61. The van der Waals surface area contributed by atoms with Gasteiger partial charge in [-0.3, -0.25) is 14.5 Å². The van der Waals surface area contributed by atoms with Crippen LogP contribution in [0.4, 0.5) is 4.39 Å². The summed E-state index contributed by atoms with van der Waals surface area (Å²) in [5, 5.41) is 4.31. The molecule has 0 bridgehead atoms. The molecule has 1 aromatic carbocycles. The minimum atomic E-state index is -0.313. The number of carbonyl (C=O) groups is 2. The summed E-state index contributed by atoms with van der Waals surface area (Å²) in [4.78, 5) is 31.0. The van der Waals surface area contributed by atoms with Crippen LogP contribution in [0.5, 0.6) is 0 Å². The predicted molar refractivity (Wildman–Crippen MR) is 109 cm³/mol. The highest BCUT2D eigenvalue weighted by Gasteiger charge is 2.26. The minimum Gasteiger partial charge on any atom is -0.342 e. The van der Waals surface area contributed by atoms with Crippen molar-refractivity contribution >= 4 is 11.8 Å². The van der Waals surface area contributed by atoms with Crippen molar-refractivity contribution < 1.29 is 14.0 Å². The second-order valence-electron chi connectivity index (χ2n) is 7.17. The molecule has 8 heteroatoms. The Morgan fingerprint density at radius 1 is 1.07 bits per heavy atom. The summed E-state index contributed by atoms with van der Waals surface area (Å²) in [5.41, 5.74) is 1.98. The number of benzene rings is 1. The van der Waals surface area contributed by atoms with Crippen LogP contribution in [0.15, 0.2) is 30.5 Å². The number of hydrogen-bond acceptors (Lipinski definition) is 4. The van der Waals surface area contributed by atoms with Gasteiger partial charge in [0.25, 0.3) is 5.91 Å². The van der Waals surface area contributed by atoms with Gasteiger partial charge in [0.2, 0.25) is 5.91 Å². The number of carbonyl (C=O) groups excluding carboxylic acids is 2. The van der Waals surface area contributed by atoms with Crippen LogP contribution in [0, 0.1) is 12.7 Å². The zero-order valence-electron chi connectivity index (χ0n) is 17.3. The van der Waals surface area contributed by atoms with E-state index in [4.69, 9.17) is 0 Å². The summed E-state index contributed by atoms with van der Waals surface area (Å²) in [5.74, 6) is -0.246. The molecule has 0 N–H and O–H groups in total. The summed E-state index contributed by atoms with van der Waals surface area (Å²) < 4.78 is 14.8. The molecule has 1 aliphatic heterocycles. The van der Waals surface area contributed by atoms with Gasteiger partial charge >= 0.3 is 0 Å². The summed E-state index contributed by atoms with van der Waals surface area (Å²) >= 11 is 0. The topological polar surface area (TPSA) is 61.7 Å². The number of rotatable bonds is 6. The highest BCUT2D eigenvalue weighted by molar-refractivity contribution is 5.95. The number of amides is 2. The highest BCUT2D eigenvalue weighted by atomic mass is 19.1. The van der Waals surface area contributed by atoms with E-state index >= 15 is 0 Å². The summed E-state index contributed by atoms with van der Waals surface area (Å²) in [6.07, 6.45) is 1.57. The average molecular weight is 401 g/mol. The molecule has 2 amide bonds. The molecule has 0 aliphatic carbocycles. The maximum atomic E-state index is 13.2. The minimum absolute atomic E-state index is 0.0643. The van der Waals surface area contributed by atoms with Crippen molar-refractivity contribution in [2.45, 2.75) is 20.8 Å². The zero-order chi connectivity index (χ0) is 21.0. The first-order valence-corrected chi connectivity index (χ1v) is 10.0. The molecule has 7 nitrogen and oxygen atoms in total. The summed E-state index contributed by atoms with van der Waals surface area (Å²) in [7, 11) is 0. The van der Waals surface area contributed by atoms with E-state index in [9.17, 15) is 14.0 Å². The van der Waals surface area contributed by atoms with Crippen molar-refractivity contribution in [1.29, 1.82) is 0 Å². The van der Waals surface area contributed by atoms with Crippen molar-refractivity contribution in [3.63, 3.8) is 0 Å². The van der Waals surface area contributed by atoms with Gasteiger partial charge in [-0.05, 0) is 45.0 Å². The van der Waals surface area contributed by atoms with Crippen molar-refractivity contribution in [1.82, 2.24) is 24.5 Å². The lowest BCUT2D eigenvalue weighted by Gasteiger charge is -2.35.